The fraction of sp³-hybridized carbons (Fsp3) is 0.269. The number of anilines is 3. The molecule has 0 radical (unpaired) electrons. The van der Waals surface area contributed by atoms with Crippen molar-refractivity contribution in [3.05, 3.63) is 89.5 Å². The van der Waals surface area contributed by atoms with Gasteiger partial charge in [0, 0.05) is 44.2 Å². The van der Waals surface area contributed by atoms with Crippen molar-refractivity contribution in [3.8, 4) is 0 Å². The average Bonchev–Trinajstić information content (AvgIpc) is 3.18. The fourth-order valence-corrected chi connectivity index (χ4v) is 4.18. The summed E-state index contributed by atoms with van der Waals surface area (Å²) in [6, 6.07) is 24.9. The molecule has 0 spiro atoms. The number of fused-ring (bicyclic) bond motifs is 1. The lowest BCUT2D eigenvalue weighted by Gasteiger charge is -2.31. The average molecular weight is 415 g/mol. The van der Waals surface area contributed by atoms with E-state index in [1.54, 1.807) is 0 Å². The summed E-state index contributed by atoms with van der Waals surface area (Å²) in [5.74, 6) is 0. The minimum atomic E-state index is -0.187. The number of benzene rings is 3. The first-order valence-electron chi connectivity index (χ1n) is 10.7. The van der Waals surface area contributed by atoms with Gasteiger partial charge >= 0.3 is 6.03 Å². The van der Waals surface area contributed by atoms with Crippen LogP contribution < -0.4 is 20.4 Å². The molecule has 1 atom stereocenters. The monoisotopic (exact) mass is 414 g/mol. The summed E-state index contributed by atoms with van der Waals surface area (Å²) in [6.45, 7) is 3.48. The Hall–Kier alpha value is -3.47. The number of hydrogen-bond acceptors (Lipinski definition) is 3. The number of hydrogen-bond donors (Lipinski definition) is 2. The Morgan fingerprint density at radius 1 is 1.03 bits per heavy atom. The molecule has 2 N–H and O–H groups in total. The second-order valence-electron chi connectivity index (χ2n) is 8.28. The number of para-hydroxylation sites is 1. The van der Waals surface area contributed by atoms with Gasteiger partial charge < -0.3 is 20.4 Å². The number of carbonyl (C=O) groups excluding carboxylic acids is 1. The first-order valence-corrected chi connectivity index (χ1v) is 10.7. The number of nitrogens with zero attached hydrogens (tertiary/aromatic N) is 2. The zero-order chi connectivity index (χ0) is 21.8. The molecular weight excluding hydrogens is 384 g/mol. The van der Waals surface area contributed by atoms with Crippen molar-refractivity contribution in [2.75, 3.05) is 42.3 Å². The van der Waals surface area contributed by atoms with E-state index < -0.39 is 0 Å². The molecule has 0 saturated heterocycles. The summed E-state index contributed by atoms with van der Waals surface area (Å²) < 4.78 is 0. The van der Waals surface area contributed by atoms with Crippen LogP contribution in [-0.2, 0) is 6.42 Å². The van der Waals surface area contributed by atoms with Crippen LogP contribution in [0.1, 0.15) is 22.7 Å². The van der Waals surface area contributed by atoms with Crippen LogP contribution in [0.2, 0.25) is 0 Å². The highest BCUT2D eigenvalue weighted by molar-refractivity contribution is 5.89. The first-order chi connectivity index (χ1) is 15.0. The molecule has 0 unspecified atom stereocenters. The molecule has 1 aliphatic heterocycles. The Labute approximate surface area is 184 Å². The minimum absolute atomic E-state index is 0.0584. The fourth-order valence-electron chi connectivity index (χ4n) is 4.18. The lowest BCUT2D eigenvalue weighted by atomic mass is 10.0. The summed E-state index contributed by atoms with van der Waals surface area (Å²) in [7, 11) is 4.08. The van der Waals surface area contributed by atoms with Crippen LogP contribution in [0.4, 0.5) is 21.9 Å². The molecule has 4 rings (SSSR count). The van der Waals surface area contributed by atoms with Gasteiger partial charge in [0.1, 0.15) is 0 Å². The third kappa shape index (κ3) is 4.82. The van der Waals surface area contributed by atoms with E-state index in [0.29, 0.717) is 6.54 Å². The Morgan fingerprint density at radius 2 is 1.81 bits per heavy atom. The van der Waals surface area contributed by atoms with Gasteiger partial charge in [-0.3, -0.25) is 0 Å². The number of urea groups is 1. The maximum Gasteiger partial charge on any atom is 0.319 e. The maximum atomic E-state index is 12.6. The highest BCUT2D eigenvalue weighted by Crippen LogP contribution is 2.35. The van der Waals surface area contributed by atoms with Gasteiger partial charge in [0.15, 0.2) is 0 Å². The number of aryl methyl sites for hydroxylation is 1. The predicted octanol–water partition coefficient (Wildman–Crippen LogP) is 4.99. The van der Waals surface area contributed by atoms with Crippen LogP contribution in [0, 0.1) is 6.92 Å². The Morgan fingerprint density at radius 3 is 2.55 bits per heavy atom. The van der Waals surface area contributed by atoms with Crippen molar-refractivity contribution in [1.29, 1.82) is 0 Å². The molecule has 5 nitrogen and oxygen atoms in total. The highest BCUT2D eigenvalue weighted by Gasteiger charge is 2.27. The molecule has 3 aromatic carbocycles. The first kappa shape index (κ1) is 20.8. The van der Waals surface area contributed by atoms with Crippen LogP contribution in [-0.4, -0.2) is 33.2 Å². The number of nitrogens with one attached hydrogen (secondary N) is 2. The summed E-state index contributed by atoms with van der Waals surface area (Å²) in [6.07, 6.45) is 1.03. The topological polar surface area (TPSA) is 47.6 Å². The van der Waals surface area contributed by atoms with Crippen molar-refractivity contribution in [2.24, 2.45) is 0 Å². The summed E-state index contributed by atoms with van der Waals surface area (Å²) in [5, 5.41) is 6.04. The van der Waals surface area contributed by atoms with E-state index >= 15 is 0 Å². The zero-order valence-electron chi connectivity index (χ0n) is 18.4. The summed E-state index contributed by atoms with van der Waals surface area (Å²) >= 11 is 0. The van der Waals surface area contributed by atoms with E-state index in [9.17, 15) is 4.79 Å². The third-order valence-corrected chi connectivity index (χ3v) is 5.83. The quantitative estimate of drug-likeness (QED) is 0.598. The van der Waals surface area contributed by atoms with Crippen molar-refractivity contribution >= 4 is 23.1 Å². The Kier molecular flexibility index (Phi) is 6.12. The molecule has 0 saturated carbocycles. The van der Waals surface area contributed by atoms with Gasteiger partial charge in [-0.05, 0) is 60.4 Å². The maximum absolute atomic E-state index is 12.6. The second kappa shape index (κ2) is 9.13. The van der Waals surface area contributed by atoms with Crippen molar-refractivity contribution < 1.29 is 4.79 Å². The molecule has 2 amide bonds. The van der Waals surface area contributed by atoms with Crippen LogP contribution in [0.15, 0.2) is 72.8 Å². The normalized spacial score (nSPS) is 13.5. The Balaban J connectivity index is 1.53. The molecule has 0 aromatic heterocycles. The Bertz CT molecular complexity index is 1050. The standard InChI is InChI=1S/C26H30N4O/c1-19-7-6-9-22(17-19)28-26(31)27-18-25(21-11-13-23(14-12-21)29(2)3)30-16-15-20-8-4-5-10-24(20)30/h4-14,17,25H,15-16,18H2,1-3H3,(H2,27,28,31)/t25-/m1/s1. The van der Waals surface area contributed by atoms with Crippen LogP contribution in [0.5, 0.6) is 0 Å². The van der Waals surface area contributed by atoms with E-state index in [-0.39, 0.29) is 12.1 Å². The molecule has 0 aliphatic carbocycles. The van der Waals surface area contributed by atoms with Crippen LogP contribution in [0.25, 0.3) is 0 Å². The van der Waals surface area contributed by atoms with E-state index in [1.807, 2.05) is 45.3 Å². The molecule has 3 aromatic rings. The van der Waals surface area contributed by atoms with E-state index in [4.69, 9.17) is 0 Å². The van der Waals surface area contributed by atoms with Crippen molar-refractivity contribution in [3.63, 3.8) is 0 Å². The van der Waals surface area contributed by atoms with Gasteiger partial charge in [-0.15, -0.1) is 0 Å². The van der Waals surface area contributed by atoms with E-state index in [1.165, 1.54) is 16.8 Å². The lowest BCUT2D eigenvalue weighted by molar-refractivity contribution is 0.251. The molecular formula is C26H30N4O. The van der Waals surface area contributed by atoms with E-state index in [0.717, 1.165) is 29.9 Å². The predicted molar refractivity (Wildman–Crippen MR) is 129 cm³/mol. The highest BCUT2D eigenvalue weighted by atomic mass is 16.2. The zero-order valence-corrected chi connectivity index (χ0v) is 18.4. The molecule has 0 bridgehead atoms. The SMILES string of the molecule is Cc1cccc(NC(=O)NC[C@H](c2ccc(N(C)C)cc2)N2CCc3ccccc32)c1. The smallest absolute Gasteiger partial charge is 0.319 e. The van der Waals surface area contributed by atoms with Gasteiger partial charge in [0.25, 0.3) is 0 Å². The van der Waals surface area contributed by atoms with Crippen molar-refractivity contribution in [1.82, 2.24) is 5.32 Å². The number of carbonyl (C=O) groups is 1. The lowest BCUT2D eigenvalue weighted by Crippen LogP contribution is -2.39. The molecule has 1 heterocycles. The van der Waals surface area contributed by atoms with Gasteiger partial charge in [-0.1, -0.05) is 42.5 Å². The molecule has 0 fully saturated rings. The molecule has 1 aliphatic rings. The van der Waals surface area contributed by atoms with Crippen molar-refractivity contribution in [2.45, 2.75) is 19.4 Å². The number of amides is 2. The van der Waals surface area contributed by atoms with Gasteiger partial charge in [-0.25, -0.2) is 4.79 Å². The van der Waals surface area contributed by atoms with E-state index in [2.05, 4.69) is 69.0 Å². The van der Waals surface area contributed by atoms with Crippen LogP contribution in [0.3, 0.4) is 0 Å². The molecule has 160 valence electrons. The third-order valence-electron chi connectivity index (χ3n) is 5.83. The largest absolute Gasteiger partial charge is 0.378 e. The van der Waals surface area contributed by atoms with Crippen LogP contribution >= 0.6 is 0 Å². The summed E-state index contributed by atoms with van der Waals surface area (Å²) in [5.41, 5.74) is 6.89. The van der Waals surface area contributed by atoms with Gasteiger partial charge in [-0.2, -0.15) is 0 Å². The molecule has 31 heavy (non-hydrogen) atoms. The second-order valence-corrected chi connectivity index (χ2v) is 8.28. The minimum Gasteiger partial charge on any atom is -0.378 e. The van der Waals surface area contributed by atoms with Gasteiger partial charge in [0.05, 0.1) is 6.04 Å². The summed E-state index contributed by atoms with van der Waals surface area (Å²) in [4.78, 5) is 17.1. The van der Waals surface area contributed by atoms with Gasteiger partial charge in [0.2, 0.25) is 0 Å². The molecule has 5 heteroatoms. The number of rotatable bonds is 6.